The fourth-order valence-electron chi connectivity index (χ4n) is 5.34. The average molecular weight is 316 g/mol. The van der Waals surface area contributed by atoms with Crippen LogP contribution < -0.4 is 10.9 Å². The topological polar surface area (TPSA) is 58.2 Å². The average Bonchev–Trinajstić information content (AvgIpc) is 2.51. The van der Waals surface area contributed by atoms with Crippen LogP contribution in [0.3, 0.4) is 0 Å². The lowest BCUT2D eigenvalue weighted by Crippen LogP contribution is -2.56. The van der Waals surface area contributed by atoms with Crippen LogP contribution in [0, 0.1) is 29.0 Å². The Morgan fingerprint density at radius 3 is 2.17 bits per heavy atom. The van der Waals surface area contributed by atoms with Crippen molar-refractivity contribution in [3.05, 3.63) is 35.6 Å². The Morgan fingerprint density at radius 1 is 1.00 bits per heavy atom. The third-order valence-corrected chi connectivity index (χ3v) is 5.90. The molecule has 1 aromatic rings. The maximum Gasteiger partial charge on any atom is 0.269 e. The Balaban J connectivity index is 1.41. The van der Waals surface area contributed by atoms with E-state index >= 15 is 0 Å². The van der Waals surface area contributed by atoms with E-state index in [1.807, 2.05) is 0 Å². The summed E-state index contributed by atoms with van der Waals surface area (Å²) in [5.41, 5.74) is 4.95. The van der Waals surface area contributed by atoms with Gasteiger partial charge < -0.3 is 0 Å². The Labute approximate surface area is 134 Å². The van der Waals surface area contributed by atoms with Gasteiger partial charge in [-0.05, 0) is 74.5 Å². The summed E-state index contributed by atoms with van der Waals surface area (Å²) in [6.45, 7) is 0. The standard InChI is InChI=1S/C18H21FN2O2/c19-15-3-1-2-14(7-15)16(22)20-21-17(23)18-8-11-4-12(9-18)6-13(5-11)10-18/h1-3,7,11-13H,4-6,8-10H2,(H,20,22)(H,21,23). The van der Waals surface area contributed by atoms with Crippen LogP contribution in [0.1, 0.15) is 48.9 Å². The van der Waals surface area contributed by atoms with Crippen molar-refractivity contribution in [2.75, 3.05) is 0 Å². The van der Waals surface area contributed by atoms with E-state index in [1.165, 1.54) is 37.5 Å². The van der Waals surface area contributed by atoms with Crippen LogP contribution in [-0.2, 0) is 4.79 Å². The molecule has 4 saturated carbocycles. The van der Waals surface area contributed by atoms with E-state index in [1.54, 1.807) is 0 Å². The smallest absolute Gasteiger partial charge is 0.269 e. The summed E-state index contributed by atoms with van der Waals surface area (Å²) in [6.07, 6.45) is 6.63. The van der Waals surface area contributed by atoms with Gasteiger partial charge in [-0.3, -0.25) is 20.4 Å². The van der Waals surface area contributed by atoms with Crippen molar-refractivity contribution in [2.45, 2.75) is 38.5 Å². The maximum absolute atomic E-state index is 13.2. The number of rotatable bonds is 2. The molecule has 4 aliphatic carbocycles. The number of hydrogen-bond donors (Lipinski definition) is 2. The van der Waals surface area contributed by atoms with Gasteiger partial charge >= 0.3 is 0 Å². The highest BCUT2D eigenvalue weighted by Crippen LogP contribution is 2.59. The molecule has 122 valence electrons. The van der Waals surface area contributed by atoms with Gasteiger partial charge in [0.1, 0.15) is 5.82 Å². The lowest BCUT2D eigenvalue weighted by Gasteiger charge is -2.55. The van der Waals surface area contributed by atoms with E-state index in [0.717, 1.165) is 25.3 Å². The molecular weight excluding hydrogens is 295 g/mol. The predicted molar refractivity (Wildman–Crippen MR) is 82.6 cm³/mol. The zero-order valence-electron chi connectivity index (χ0n) is 13.0. The van der Waals surface area contributed by atoms with Gasteiger partial charge in [0.2, 0.25) is 5.91 Å². The number of hydrazine groups is 1. The molecule has 4 bridgehead atoms. The molecule has 0 radical (unpaired) electrons. The quantitative estimate of drug-likeness (QED) is 0.824. The van der Waals surface area contributed by atoms with Crippen LogP contribution in [-0.4, -0.2) is 11.8 Å². The van der Waals surface area contributed by atoms with E-state index in [4.69, 9.17) is 0 Å². The normalized spacial score (nSPS) is 34.2. The fourth-order valence-corrected chi connectivity index (χ4v) is 5.34. The summed E-state index contributed by atoms with van der Waals surface area (Å²) in [5.74, 6) is 0.997. The Bertz CT molecular complexity index is 623. The molecule has 4 fully saturated rings. The number of amides is 2. The molecule has 23 heavy (non-hydrogen) atoms. The van der Waals surface area contributed by atoms with E-state index in [0.29, 0.717) is 17.8 Å². The fraction of sp³-hybridized carbons (Fsp3) is 0.556. The van der Waals surface area contributed by atoms with Crippen molar-refractivity contribution in [1.82, 2.24) is 10.9 Å². The summed E-state index contributed by atoms with van der Waals surface area (Å²) < 4.78 is 13.2. The molecule has 1 aromatic carbocycles. The number of halogens is 1. The summed E-state index contributed by atoms with van der Waals surface area (Å²) in [7, 11) is 0. The van der Waals surface area contributed by atoms with Crippen molar-refractivity contribution in [3.63, 3.8) is 0 Å². The molecule has 5 heteroatoms. The number of hydrogen-bond acceptors (Lipinski definition) is 2. The molecule has 0 heterocycles. The molecule has 0 saturated heterocycles. The molecule has 4 aliphatic rings. The Morgan fingerprint density at radius 2 is 1.61 bits per heavy atom. The third kappa shape index (κ3) is 2.62. The van der Waals surface area contributed by atoms with Gasteiger partial charge in [-0.15, -0.1) is 0 Å². The maximum atomic E-state index is 13.2. The monoisotopic (exact) mass is 316 g/mol. The Hall–Kier alpha value is -1.91. The molecular formula is C18H21FN2O2. The van der Waals surface area contributed by atoms with Gasteiger partial charge in [0.15, 0.2) is 0 Å². The van der Waals surface area contributed by atoms with E-state index in [-0.39, 0.29) is 16.9 Å². The summed E-state index contributed by atoms with van der Waals surface area (Å²) in [6, 6.07) is 5.44. The van der Waals surface area contributed by atoms with E-state index in [2.05, 4.69) is 10.9 Å². The summed E-state index contributed by atoms with van der Waals surface area (Å²) in [5, 5.41) is 0. The zero-order chi connectivity index (χ0) is 16.0. The summed E-state index contributed by atoms with van der Waals surface area (Å²) in [4.78, 5) is 24.7. The first-order valence-corrected chi connectivity index (χ1v) is 8.40. The molecule has 5 rings (SSSR count). The third-order valence-electron chi connectivity index (χ3n) is 5.90. The first-order chi connectivity index (χ1) is 11.0. The van der Waals surface area contributed by atoms with Crippen LogP contribution in [0.2, 0.25) is 0 Å². The van der Waals surface area contributed by atoms with Gasteiger partial charge in [-0.1, -0.05) is 6.07 Å². The van der Waals surface area contributed by atoms with E-state index in [9.17, 15) is 14.0 Å². The second-order valence-electron chi connectivity index (χ2n) is 7.62. The van der Waals surface area contributed by atoms with Gasteiger partial charge in [-0.25, -0.2) is 4.39 Å². The highest BCUT2D eigenvalue weighted by Gasteiger charge is 2.54. The first kappa shape index (κ1) is 14.7. The van der Waals surface area contributed by atoms with Crippen LogP contribution in [0.4, 0.5) is 4.39 Å². The van der Waals surface area contributed by atoms with Crippen LogP contribution in [0.15, 0.2) is 24.3 Å². The largest absolute Gasteiger partial charge is 0.273 e. The lowest BCUT2D eigenvalue weighted by atomic mass is 9.49. The second kappa shape index (κ2) is 5.32. The molecule has 0 unspecified atom stereocenters. The second-order valence-corrected chi connectivity index (χ2v) is 7.62. The van der Waals surface area contributed by atoms with Gasteiger partial charge in [0.25, 0.3) is 5.91 Å². The lowest BCUT2D eigenvalue weighted by molar-refractivity contribution is -0.147. The van der Waals surface area contributed by atoms with Gasteiger partial charge in [0.05, 0.1) is 5.41 Å². The highest BCUT2D eigenvalue weighted by atomic mass is 19.1. The number of carbonyl (C=O) groups excluding carboxylic acids is 2. The SMILES string of the molecule is O=C(NNC(=O)C12CC3CC(CC(C3)C1)C2)c1cccc(F)c1. The molecule has 0 spiro atoms. The number of carbonyl (C=O) groups is 2. The van der Waals surface area contributed by atoms with Crippen LogP contribution in [0.5, 0.6) is 0 Å². The highest BCUT2D eigenvalue weighted by molar-refractivity contribution is 5.96. The molecule has 2 amide bonds. The predicted octanol–water partition coefficient (Wildman–Crippen LogP) is 2.80. The minimum absolute atomic E-state index is 0.0682. The van der Waals surface area contributed by atoms with Crippen molar-refractivity contribution >= 4 is 11.8 Å². The first-order valence-electron chi connectivity index (χ1n) is 8.40. The van der Waals surface area contributed by atoms with Crippen molar-refractivity contribution in [3.8, 4) is 0 Å². The number of nitrogens with one attached hydrogen (secondary N) is 2. The van der Waals surface area contributed by atoms with Gasteiger partial charge in [0, 0.05) is 5.56 Å². The molecule has 2 N–H and O–H groups in total. The van der Waals surface area contributed by atoms with Crippen LogP contribution in [0.25, 0.3) is 0 Å². The molecule has 4 nitrogen and oxygen atoms in total. The Kier molecular flexibility index (Phi) is 3.39. The summed E-state index contributed by atoms with van der Waals surface area (Å²) >= 11 is 0. The molecule has 0 atom stereocenters. The number of benzene rings is 1. The van der Waals surface area contributed by atoms with E-state index < -0.39 is 11.7 Å². The van der Waals surface area contributed by atoms with Crippen LogP contribution >= 0.6 is 0 Å². The van der Waals surface area contributed by atoms with Crippen molar-refractivity contribution in [2.24, 2.45) is 23.2 Å². The van der Waals surface area contributed by atoms with Crippen molar-refractivity contribution < 1.29 is 14.0 Å². The van der Waals surface area contributed by atoms with Crippen molar-refractivity contribution in [1.29, 1.82) is 0 Å². The molecule has 0 aromatic heterocycles. The zero-order valence-corrected chi connectivity index (χ0v) is 13.0. The van der Waals surface area contributed by atoms with Gasteiger partial charge in [-0.2, -0.15) is 0 Å². The molecule has 0 aliphatic heterocycles. The minimum Gasteiger partial charge on any atom is -0.273 e. The minimum atomic E-state index is -0.484.